The highest BCUT2D eigenvalue weighted by Gasteiger charge is 2.44. The number of likely N-dealkylation sites (tertiary alicyclic amines) is 1. The number of nitrogens with zero attached hydrogens (tertiary/aromatic N) is 6. The van der Waals surface area contributed by atoms with Gasteiger partial charge < -0.3 is 59.8 Å². The summed E-state index contributed by atoms with van der Waals surface area (Å²) in [4.78, 5) is 73.4. The average Bonchev–Trinajstić information content (AvgIpc) is 4.01. The van der Waals surface area contributed by atoms with Crippen molar-refractivity contribution in [3.05, 3.63) is 94.7 Å². The van der Waals surface area contributed by atoms with Gasteiger partial charge >= 0.3 is 0 Å². The number of amides is 4. The first kappa shape index (κ1) is 56.6. The fraction of sp³-hybridized carbons (Fsp3) is 0.453. The molecule has 402 valence electrons. The van der Waals surface area contributed by atoms with Crippen molar-refractivity contribution in [1.29, 1.82) is 0 Å². The van der Waals surface area contributed by atoms with Crippen LogP contribution in [0.15, 0.2) is 78.4 Å². The first-order valence-corrected chi connectivity index (χ1v) is 28.8. The minimum absolute atomic E-state index is 0.00872. The lowest BCUT2D eigenvalue weighted by Crippen LogP contribution is -2.57. The summed E-state index contributed by atoms with van der Waals surface area (Å²) in [6.07, 6.45) is 0.904. The molecule has 0 bridgehead atoms. The number of halogens is 1. The summed E-state index contributed by atoms with van der Waals surface area (Å²) in [6.45, 7) is 14.2. The number of aliphatic hydroxyl groups is 1. The number of carbonyl (C=O) groups excluding carboxylic acids is 4. The quantitative estimate of drug-likeness (QED) is 0.0364. The monoisotopic (exact) mass is 1090 g/mol. The van der Waals surface area contributed by atoms with E-state index >= 15 is 0 Å². The number of nitrogens with one attached hydrogen (secondary N) is 4. The van der Waals surface area contributed by atoms with E-state index in [1.54, 1.807) is 31.8 Å². The molecule has 2 saturated heterocycles. The first-order chi connectivity index (χ1) is 35.8. The lowest BCUT2D eigenvalue weighted by atomic mass is 9.85. The van der Waals surface area contributed by atoms with E-state index in [-0.39, 0.29) is 82.4 Å². The molecule has 0 radical (unpaired) electrons. The van der Waals surface area contributed by atoms with Gasteiger partial charge in [-0.15, -0.1) is 11.3 Å². The predicted octanol–water partition coefficient (Wildman–Crippen LogP) is 6.58. The van der Waals surface area contributed by atoms with Gasteiger partial charge in [-0.1, -0.05) is 68.8 Å². The number of methoxy groups -OCH3 is 1. The van der Waals surface area contributed by atoms with Crippen molar-refractivity contribution in [3.8, 4) is 16.2 Å². The van der Waals surface area contributed by atoms with Crippen LogP contribution in [0.25, 0.3) is 10.4 Å². The van der Waals surface area contributed by atoms with Crippen molar-refractivity contribution in [2.75, 3.05) is 95.1 Å². The lowest BCUT2D eigenvalue weighted by Gasteiger charge is -2.36. The summed E-state index contributed by atoms with van der Waals surface area (Å²) < 4.78 is 30.0. The number of aromatic nitrogens is 3. The number of piperazine rings is 1. The minimum Gasteiger partial charge on any atom is -0.494 e. The number of aryl methyl sites for hydroxylation is 1. The maximum Gasteiger partial charge on any atom is 0.246 e. The maximum absolute atomic E-state index is 14.0. The largest absolute Gasteiger partial charge is 0.494 e. The van der Waals surface area contributed by atoms with Crippen molar-refractivity contribution in [2.24, 2.45) is 5.41 Å². The zero-order valence-electron chi connectivity index (χ0n) is 43.6. The van der Waals surface area contributed by atoms with Gasteiger partial charge in [-0.25, -0.2) is 9.97 Å². The number of carbonyl (C=O) groups is 4. The highest BCUT2D eigenvalue weighted by atomic mass is 35.5. The van der Waals surface area contributed by atoms with E-state index in [9.17, 15) is 28.8 Å². The van der Waals surface area contributed by atoms with Gasteiger partial charge in [0.1, 0.15) is 30.0 Å². The number of para-hydroxylation sites is 1. The van der Waals surface area contributed by atoms with Crippen molar-refractivity contribution in [2.45, 2.75) is 71.7 Å². The zero-order chi connectivity index (χ0) is 53.9. The number of hydrogen-bond acceptors (Lipinski definition) is 16. The second-order valence-electron chi connectivity index (χ2n) is 19.9. The summed E-state index contributed by atoms with van der Waals surface area (Å²) in [5.41, 5.74) is 6.22. The van der Waals surface area contributed by atoms with Gasteiger partial charge in [-0.05, 0) is 61.1 Å². The Kier molecular flexibility index (Phi) is 19.3. The van der Waals surface area contributed by atoms with Crippen molar-refractivity contribution in [3.63, 3.8) is 0 Å². The molecule has 0 spiro atoms. The van der Waals surface area contributed by atoms with E-state index in [2.05, 4.69) is 41.1 Å². The summed E-state index contributed by atoms with van der Waals surface area (Å²) in [7, 11) is -1.00. The molecule has 7 rings (SSSR count). The summed E-state index contributed by atoms with van der Waals surface area (Å²) in [6, 6.07) is 19.1. The molecule has 2 aliphatic heterocycles. The molecule has 4 heterocycles. The Bertz CT molecular complexity index is 2840. The third kappa shape index (κ3) is 15.3. The van der Waals surface area contributed by atoms with Crippen LogP contribution in [0.2, 0.25) is 5.02 Å². The van der Waals surface area contributed by atoms with Gasteiger partial charge in [0.25, 0.3) is 0 Å². The van der Waals surface area contributed by atoms with Gasteiger partial charge in [0.2, 0.25) is 29.6 Å². The Morgan fingerprint density at radius 2 is 1.61 bits per heavy atom. The van der Waals surface area contributed by atoms with Crippen molar-refractivity contribution < 1.29 is 43.1 Å². The topological polar surface area (TPSA) is 230 Å². The van der Waals surface area contributed by atoms with Crippen LogP contribution < -0.4 is 36.2 Å². The number of hydrogen-bond donors (Lipinski definition) is 5. The van der Waals surface area contributed by atoms with Crippen LogP contribution in [-0.2, 0) is 39.8 Å². The van der Waals surface area contributed by atoms with Crippen LogP contribution in [0.5, 0.6) is 5.75 Å². The Balaban J connectivity index is 0.786. The highest BCUT2D eigenvalue weighted by molar-refractivity contribution is 7.70. The zero-order valence-corrected chi connectivity index (χ0v) is 46.0. The molecule has 3 atom stereocenters. The third-order valence-corrected chi connectivity index (χ3v) is 15.7. The van der Waals surface area contributed by atoms with Gasteiger partial charge in [-0.3, -0.25) is 19.2 Å². The number of anilines is 5. The number of ether oxygens (including phenoxy) is 3. The van der Waals surface area contributed by atoms with E-state index in [1.807, 2.05) is 105 Å². The second kappa shape index (κ2) is 25.6. The molecule has 0 aliphatic carbocycles. The normalized spacial score (nSPS) is 16.4. The van der Waals surface area contributed by atoms with Gasteiger partial charge in [-0.2, -0.15) is 4.98 Å². The molecule has 3 aromatic carbocycles. The molecule has 2 aromatic heterocycles. The fourth-order valence-electron chi connectivity index (χ4n) is 8.82. The van der Waals surface area contributed by atoms with E-state index in [1.165, 1.54) is 11.1 Å². The summed E-state index contributed by atoms with van der Waals surface area (Å²) in [5.74, 6) is -0.00476. The predicted molar refractivity (Wildman–Crippen MR) is 293 cm³/mol. The first-order valence-electron chi connectivity index (χ1n) is 24.9. The van der Waals surface area contributed by atoms with Crippen molar-refractivity contribution in [1.82, 2.24) is 35.4 Å². The molecule has 0 unspecified atom stereocenters. The number of aliphatic hydroxyl groups excluding tert-OH is 1. The van der Waals surface area contributed by atoms with Gasteiger partial charge in [0, 0.05) is 69.2 Å². The maximum atomic E-state index is 14.0. The van der Waals surface area contributed by atoms with E-state index in [4.69, 9.17) is 25.8 Å². The SMILES string of the molecule is COc1cc(N2CCN(C(=O)CCOCCOCCC(=O)N[C@H](C(=O)N3C[C@H](O)C[C@H]3C(=O)NCc3ccc(-c4scnc4C)cc3)C(C)(C)C)CC2)ccc1Nc1ncc(Cl)c(Nc2ccccc2P(C)(C)=O)n1. The van der Waals surface area contributed by atoms with Crippen LogP contribution >= 0.6 is 30.1 Å². The molecule has 5 N–H and O–H groups in total. The number of benzene rings is 3. The summed E-state index contributed by atoms with van der Waals surface area (Å²) >= 11 is 8.03. The summed E-state index contributed by atoms with van der Waals surface area (Å²) in [5, 5.41) is 23.8. The van der Waals surface area contributed by atoms with E-state index in [0.717, 1.165) is 27.4 Å². The Morgan fingerprint density at radius 3 is 2.28 bits per heavy atom. The number of rotatable bonds is 22. The van der Waals surface area contributed by atoms with Gasteiger partial charge in [0.15, 0.2) is 5.82 Å². The van der Waals surface area contributed by atoms with Crippen LogP contribution in [-0.4, -0.2) is 151 Å². The van der Waals surface area contributed by atoms with Crippen molar-refractivity contribution >= 4 is 87.8 Å². The van der Waals surface area contributed by atoms with E-state index < -0.39 is 36.7 Å². The molecule has 2 fully saturated rings. The van der Waals surface area contributed by atoms with Gasteiger partial charge in [0.05, 0.1) is 79.7 Å². The molecule has 0 saturated carbocycles. The lowest BCUT2D eigenvalue weighted by molar-refractivity contribution is -0.144. The molecule has 22 heteroatoms. The Hall–Kier alpha value is -6.15. The third-order valence-electron chi connectivity index (χ3n) is 12.9. The molecular weight excluding hydrogens is 1020 g/mol. The molecule has 5 aromatic rings. The van der Waals surface area contributed by atoms with Crippen LogP contribution in [0, 0.1) is 12.3 Å². The average molecular weight is 1090 g/mol. The van der Waals surface area contributed by atoms with E-state index in [0.29, 0.717) is 59.4 Å². The smallest absolute Gasteiger partial charge is 0.246 e. The van der Waals surface area contributed by atoms with Crippen LogP contribution in [0.4, 0.5) is 28.8 Å². The molecule has 2 aliphatic rings. The number of thiazole rings is 1. The Labute approximate surface area is 447 Å². The Morgan fingerprint density at radius 1 is 0.907 bits per heavy atom. The molecule has 4 amide bonds. The molecule has 19 nitrogen and oxygen atoms in total. The second-order valence-corrected chi connectivity index (χ2v) is 24.4. The fourth-order valence-corrected chi connectivity index (χ4v) is 10.9. The number of β-amino-alcohol motifs (C(OH)–C–C–N with tert-alkyl or cyclic N) is 1. The minimum atomic E-state index is -2.58. The molecular formula is C53H68ClN10O9PS. The molecule has 75 heavy (non-hydrogen) atoms. The standard InChI is InChI=1S/C53H68ClN10O9PS/c1-34-47(75-33-57-34)36-14-12-35(13-15-36)30-55-50(68)42-29-38(65)32-64(42)51(69)48(53(2,3)4)60-45(66)18-24-72-26-27-73-25-19-46(67)63-22-20-62(21-23-63)37-16-17-40(43(28-37)71-5)59-52-56-31-39(54)49(61-52)58-41-10-8-9-11-44(41)74(6,7)70/h8-17,28,31,33,38,42,48,65H,18-27,29-30,32H2,1-7H3,(H,55,68)(H,60,66)(H2,56,58,59,61)/t38-,42+,48-/m1/s1. The highest BCUT2D eigenvalue weighted by Crippen LogP contribution is 2.39. The van der Waals surface area contributed by atoms with Crippen LogP contribution in [0.3, 0.4) is 0 Å². The van der Waals surface area contributed by atoms with Crippen LogP contribution in [0.1, 0.15) is 51.3 Å².